The lowest BCUT2D eigenvalue weighted by Crippen LogP contribution is -2.37. The fourth-order valence-electron chi connectivity index (χ4n) is 2.80. The number of nitrogens with two attached hydrogens (primary N) is 1. The molecule has 18 heavy (non-hydrogen) atoms. The molecule has 0 saturated heterocycles. The predicted octanol–water partition coefficient (Wildman–Crippen LogP) is 4.33. The van der Waals surface area contributed by atoms with Gasteiger partial charge in [0.1, 0.15) is 0 Å². The van der Waals surface area contributed by atoms with E-state index >= 15 is 0 Å². The van der Waals surface area contributed by atoms with Gasteiger partial charge in [-0.15, -0.1) is 0 Å². The zero-order chi connectivity index (χ0) is 13.3. The predicted molar refractivity (Wildman–Crippen MR) is 80.3 cm³/mol. The van der Waals surface area contributed by atoms with Gasteiger partial charge in [0.2, 0.25) is 0 Å². The lowest BCUT2D eigenvalue weighted by Gasteiger charge is -2.40. The number of nitrogen functional groups attached to an aromatic ring is 1. The van der Waals surface area contributed by atoms with Crippen LogP contribution in [0.2, 0.25) is 5.02 Å². The third-order valence-corrected chi connectivity index (χ3v) is 4.60. The molecule has 0 heterocycles. The van der Waals surface area contributed by atoms with E-state index in [1.807, 2.05) is 12.1 Å². The molecule has 0 unspecified atom stereocenters. The maximum Gasteiger partial charge on any atom is 0.0741 e. The normalized spacial score (nSPS) is 19.8. The van der Waals surface area contributed by atoms with Crippen LogP contribution in [0.25, 0.3) is 0 Å². The molecule has 1 fully saturated rings. The van der Waals surface area contributed by atoms with Gasteiger partial charge in [-0.3, -0.25) is 0 Å². The first kappa shape index (κ1) is 13.5. The second kappa shape index (κ2) is 5.00. The van der Waals surface area contributed by atoms with Crippen LogP contribution in [0.3, 0.4) is 0 Å². The van der Waals surface area contributed by atoms with Crippen LogP contribution in [-0.2, 0) is 0 Å². The Morgan fingerprint density at radius 2 is 1.89 bits per heavy atom. The molecule has 1 aliphatic rings. The Bertz CT molecular complexity index is 419. The Hall–Kier alpha value is -0.890. The van der Waals surface area contributed by atoms with Gasteiger partial charge in [-0.1, -0.05) is 31.5 Å². The van der Waals surface area contributed by atoms with Crippen LogP contribution in [0.5, 0.6) is 0 Å². The molecular formula is C15H23ClN2. The van der Waals surface area contributed by atoms with E-state index in [0.717, 1.165) is 5.69 Å². The summed E-state index contributed by atoms with van der Waals surface area (Å²) in [5.74, 6) is 0. The fraction of sp³-hybridized carbons (Fsp3) is 0.600. The van der Waals surface area contributed by atoms with E-state index in [9.17, 15) is 0 Å². The molecule has 1 saturated carbocycles. The highest BCUT2D eigenvalue weighted by atomic mass is 35.5. The van der Waals surface area contributed by atoms with E-state index in [-0.39, 0.29) is 0 Å². The number of hydrogen-bond donors (Lipinski definition) is 1. The van der Waals surface area contributed by atoms with Crippen molar-refractivity contribution in [2.45, 2.75) is 45.6 Å². The Morgan fingerprint density at radius 3 is 2.50 bits per heavy atom. The molecule has 3 heteroatoms. The van der Waals surface area contributed by atoms with Crippen LogP contribution in [0.15, 0.2) is 18.2 Å². The number of rotatable bonds is 2. The fourth-order valence-corrected chi connectivity index (χ4v) is 2.97. The molecule has 0 aromatic heterocycles. The molecule has 0 amide bonds. The van der Waals surface area contributed by atoms with Crippen LogP contribution in [0.4, 0.5) is 11.4 Å². The first-order valence-electron chi connectivity index (χ1n) is 6.67. The maximum absolute atomic E-state index is 6.09. The average molecular weight is 267 g/mol. The number of para-hydroxylation sites is 1. The second-order valence-corrected chi connectivity index (χ2v) is 6.59. The lowest BCUT2D eigenvalue weighted by atomic mass is 9.75. The van der Waals surface area contributed by atoms with Crippen molar-refractivity contribution >= 4 is 23.0 Å². The third kappa shape index (κ3) is 2.74. The second-order valence-electron chi connectivity index (χ2n) is 6.18. The lowest BCUT2D eigenvalue weighted by molar-refractivity contribution is 0.222. The molecule has 2 nitrogen and oxygen atoms in total. The number of halogens is 1. The molecular weight excluding hydrogens is 244 g/mol. The molecule has 2 N–H and O–H groups in total. The van der Waals surface area contributed by atoms with E-state index in [0.29, 0.717) is 22.2 Å². The van der Waals surface area contributed by atoms with Crippen molar-refractivity contribution < 1.29 is 0 Å². The Morgan fingerprint density at radius 1 is 1.28 bits per heavy atom. The van der Waals surface area contributed by atoms with Crippen molar-refractivity contribution in [1.29, 1.82) is 0 Å². The Labute approximate surface area is 115 Å². The van der Waals surface area contributed by atoms with Crippen molar-refractivity contribution in [2.24, 2.45) is 5.41 Å². The summed E-state index contributed by atoms with van der Waals surface area (Å²) < 4.78 is 0. The summed E-state index contributed by atoms with van der Waals surface area (Å²) in [5, 5.41) is 0.649. The highest BCUT2D eigenvalue weighted by molar-refractivity contribution is 6.33. The summed E-state index contributed by atoms with van der Waals surface area (Å²) in [6.07, 6.45) is 5.02. The van der Waals surface area contributed by atoms with Crippen molar-refractivity contribution in [1.82, 2.24) is 0 Å². The first-order chi connectivity index (χ1) is 8.41. The quantitative estimate of drug-likeness (QED) is 0.808. The molecule has 1 aliphatic carbocycles. The zero-order valence-corrected chi connectivity index (χ0v) is 12.3. The molecule has 2 rings (SSSR count). The van der Waals surface area contributed by atoms with E-state index in [2.05, 4.69) is 31.9 Å². The van der Waals surface area contributed by atoms with Gasteiger partial charge in [0, 0.05) is 13.1 Å². The summed E-state index contributed by atoms with van der Waals surface area (Å²) in [4.78, 5) is 2.30. The van der Waals surface area contributed by atoms with Gasteiger partial charge in [-0.05, 0) is 43.2 Å². The van der Waals surface area contributed by atoms with Crippen molar-refractivity contribution in [3.05, 3.63) is 23.2 Å². The van der Waals surface area contributed by atoms with Crippen molar-refractivity contribution in [3.63, 3.8) is 0 Å². The third-order valence-electron chi connectivity index (χ3n) is 4.27. The number of hydrogen-bond acceptors (Lipinski definition) is 2. The largest absolute Gasteiger partial charge is 0.396 e. The SMILES string of the molecule is CN(c1cccc(Cl)c1N)C1CCC(C)(C)CC1. The highest BCUT2D eigenvalue weighted by Crippen LogP contribution is 2.39. The van der Waals surface area contributed by atoms with Crippen LogP contribution in [0, 0.1) is 5.41 Å². The summed E-state index contributed by atoms with van der Waals surface area (Å²) in [7, 11) is 2.13. The van der Waals surface area contributed by atoms with E-state index in [1.165, 1.54) is 25.7 Å². The minimum atomic E-state index is 0.497. The topological polar surface area (TPSA) is 29.3 Å². The van der Waals surface area contributed by atoms with E-state index in [1.54, 1.807) is 0 Å². The van der Waals surface area contributed by atoms with Crippen LogP contribution in [-0.4, -0.2) is 13.1 Å². The molecule has 1 aromatic carbocycles. The molecule has 0 bridgehead atoms. The summed E-state index contributed by atoms with van der Waals surface area (Å²) in [5.41, 5.74) is 8.33. The Kier molecular flexibility index (Phi) is 3.76. The van der Waals surface area contributed by atoms with Crippen LogP contribution >= 0.6 is 11.6 Å². The average Bonchev–Trinajstić information content (AvgIpc) is 2.32. The zero-order valence-electron chi connectivity index (χ0n) is 11.5. The molecule has 0 spiro atoms. The monoisotopic (exact) mass is 266 g/mol. The number of anilines is 2. The van der Waals surface area contributed by atoms with E-state index < -0.39 is 0 Å². The van der Waals surface area contributed by atoms with Gasteiger partial charge in [-0.2, -0.15) is 0 Å². The van der Waals surface area contributed by atoms with Gasteiger partial charge in [-0.25, -0.2) is 0 Å². The molecule has 0 radical (unpaired) electrons. The van der Waals surface area contributed by atoms with Gasteiger partial charge >= 0.3 is 0 Å². The van der Waals surface area contributed by atoms with Crippen molar-refractivity contribution in [2.75, 3.05) is 17.7 Å². The highest BCUT2D eigenvalue weighted by Gasteiger charge is 2.29. The van der Waals surface area contributed by atoms with E-state index in [4.69, 9.17) is 17.3 Å². The first-order valence-corrected chi connectivity index (χ1v) is 7.05. The standard InChI is InChI=1S/C15H23ClN2/c1-15(2)9-7-11(8-10-15)18(3)13-6-4-5-12(16)14(13)17/h4-6,11H,7-10,17H2,1-3H3. The minimum absolute atomic E-state index is 0.497. The smallest absolute Gasteiger partial charge is 0.0741 e. The molecule has 0 aliphatic heterocycles. The van der Waals surface area contributed by atoms with Gasteiger partial charge in [0.15, 0.2) is 0 Å². The summed E-state index contributed by atoms with van der Waals surface area (Å²) >= 11 is 6.09. The summed E-state index contributed by atoms with van der Waals surface area (Å²) in [6.45, 7) is 4.72. The molecule has 0 atom stereocenters. The maximum atomic E-state index is 6.09. The van der Waals surface area contributed by atoms with Gasteiger partial charge < -0.3 is 10.6 Å². The van der Waals surface area contributed by atoms with Crippen LogP contribution < -0.4 is 10.6 Å². The summed E-state index contributed by atoms with van der Waals surface area (Å²) in [6, 6.07) is 6.45. The van der Waals surface area contributed by atoms with Gasteiger partial charge in [0.05, 0.1) is 16.4 Å². The minimum Gasteiger partial charge on any atom is -0.396 e. The molecule has 1 aromatic rings. The number of nitrogens with zero attached hydrogens (tertiary/aromatic N) is 1. The van der Waals surface area contributed by atoms with Crippen LogP contribution in [0.1, 0.15) is 39.5 Å². The van der Waals surface area contributed by atoms with Crippen molar-refractivity contribution in [3.8, 4) is 0 Å². The molecule has 100 valence electrons. The van der Waals surface area contributed by atoms with Gasteiger partial charge in [0.25, 0.3) is 0 Å². The number of benzene rings is 1. The Balaban J connectivity index is 2.12.